The summed E-state index contributed by atoms with van der Waals surface area (Å²) in [5.41, 5.74) is 2.61. The molecule has 0 atom stereocenters. The van der Waals surface area contributed by atoms with Crippen LogP contribution < -0.4 is 5.32 Å². The molecule has 0 radical (unpaired) electrons. The molecular weight excluding hydrogens is 353 g/mol. The highest BCUT2D eigenvalue weighted by atomic mass is 32.2. The average molecular weight is 371 g/mol. The molecule has 0 bridgehead atoms. The first-order valence-corrected chi connectivity index (χ1v) is 9.08. The van der Waals surface area contributed by atoms with Gasteiger partial charge in [0.05, 0.1) is 11.4 Å². The largest absolute Gasteiger partial charge is 0.325 e. The molecule has 26 heavy (non-hydrogen) atoms. The molecule has 6 nitrogen and oxygen atoms in total. The number of rotatable bonds is 6. The van der Waals surface area contributed by atoms with Crippen LogP contribution in [0.25, 0.3) is 5.69 Å². The van der Waals surface area contributed by atoms with Gasteiger partial charge in [0.2, 0.25) is 11.1 Å². The van der Waals surface area contributed by atoms with Crippen molar-refractivity contribution < 1.29 is 9.18 Å². The third-order valence-corrected chi connectivity index (χ3v) is 4.62. The summed E-state index contributed by atoms with van der Waals surface area (Å²) in [6.45, 7) is 4.26. The first-order valence-electron chi connectivity index (χ1n) is 8.10. The number of tetrazole rings is 1. The predicted octanol–water partition coefficient (Wildman–Crippen LogP) is 3.66. The Morgan fingerprint density at radius 1 is 1.15 bits per heavy atom. The number of aromatic nitrogens is 4. The average Bonchev–Trinajstić information content (AvgIpc) is 3.10. The Morgan fingerprint density at radius 3 is 2.50 bits per heavy atom. The Kier molecular flexibility index (Phi) is 5.62. The van der Waals surface area contributed by atoms with Gasteiger partial charge in [-0.3, -0.25) is 4.79 Å². The van der Waals surface area contributed by atoms with E-state index in [1.54, 1.807) is 4.68 Å². The van der Waals surface area contributed by atoms with Gasteiger partial charge in [-0.25, -0.2) is 4.39 Å². The Hall–Kier alpha value is -2.74. The molecule has 1 amide bonds. The molecular formula is C18H18FN5OS. The number of nitrogens with one attached hydrogen (secondary N) is 1. The van der Waals surface area contributed by atoms with Crippen LogP contribution in [0.15, 0.2) is 53.7 Å². The fourth-order valence-corrected chi connectivity index (χ4v) is 2.98. The maximum Gasteiger partial charge on any atom is 0.234 e. The second-order valence-electron chi connectivity index (χ2n) is 5.96. The molecule has 0 aliphatic heterocycles. The lowest BCUT2D eigenvalue weighted by Gasteiger charge is -2.08. The minimum Gasteiger partial charge on any atom is -0.325 e. The van der Waals surface area contributed by atoms with Crippen molar-refractivity contribution in [3.8, 4) is 5.69 Å². The van der Waals surface area contributed by atoms with Gasteiger partial charge in [-0.05, 0) is 58.3 Å². The molecule has 134 valence electrons. The Morgan fingerprint density at radius 2 is 1.85 bits per heavy atom. The van der Waals surface area contributed by atoms with Crippen LogP contribution in [-0.2, 0) is 4.79 Å². The lowest BCUT2D eigenvalue weighted by Crippen LogP contribution is -2.14. The van der Waals surface area contributed by atoms with Crippen molar-refractivity contribution in [1.82, 2.24) is 20.2 Å². The fraction of sp³-hybridized carbons (Fsp3) is 0.222. The molecule has 0 spiro atoms. The van der Waals surface area contributed by atoms with Crippen LogP contribution in [0.1, 0.15) is 25.3 Å². The van der Waals surface area contributed by atoms with Gasteiger partial charge >= 0.3 is 0 Å². The highest BCUT2D eigenvalue weighted by Crippen LogP contribution is 2.21. The summed E-state index contributed by atoms with van der Waals surface area (Å²) in [5.74, 6) is 0.0234. The zero-order valence-electron chi connectivity index (χ0n) is 14.4. The number of benzene rings is 2. The van der Waals surface area contributed by atoms with Crippen LogP contribution in [0.2, 0.25) is 0 Å². The topological polar surface area (TPSA) is 72.7 Å². The van der Waals surface area contributed by atoms with E-state index in [4.69, 9.17) is 0 Å². The number of carbonyl (C=O) groups excluding carboxylic acids is 1. The Labute approximate surface area is 154 Å². The van der Waals surface area contributed by atoms with Gasteiger partial charge in [0, 0.05) is 5.69 Å². The lowest BCUT2D eigenvalue weighted by atomic mass is 10.0. The third-order valence-electron chi connectivity index (χ3n) is 3.71. The number of anilines is 1. The van der Waals surface area contributed by atoms with Gasteiger partial charge in [0.15, 0.2) is 0 Å². The minimum absolute atomic E-state index is 0.141. The van der Waals surface area contributed by atoms with Crippen molar-refractivity contribution in [2.24, 2.45) is 0 Å². The van der Waals surface area contributed by atoms with Crippen molar-refractivity contribution in [2.45, 2.75) is 24.9 Å². The van der Waals surface area contributed by atoms with Crippen molar-refractivity contribution in [1.29, 1.82) is 0 Å². The first kappa shape index (κ1) is 18.1. The van der Waals surface area contributed by atoms with Crippen molar-refractivity contribution >= 4 is 23.4 Å². The molecule has 0 fully saturated rings. The van der Waals surface area contributed by atoms with Crippen LogP contribution >= 0.6 is 11.8 Å². The van der Waals surface area contributed by atoms with Crippen molar-refractivity contribution in [3.05, 3.63) is 59.9 Å². The zero-order chi connectivity index (χ0) is 18.5. The molecule has 8 heteroatoms. The number of amides is 1. The van der Waals surface area contributed by atoms with Gasteiger partial charge in [0.25, 0.3) is 0 Å². The maximum absolute atomic E-state index is 12.9. The second-order valence-corrected chi connectivity index (χ2v) is 6.91. The number of hydrogen-bond donors (Lipinski definition) is 1. The van der Waals surface area contributed by atoms with E-state index in [1.807, 2.05) is 24.3 Å². The molecule has 2 aromatic carbocycles. The van der Waals surface area contributed by atoms with Gasteiger partial charge in [0.1, 0.15) is 5.82 Å². The van der Waals surface area contributed by atoms with Crippen molar-refractivity contribution in [3.63, 3.8) is 0 Å². The van der Waals surface area contributed by atoms with E-state index in [2.05, 4.69) is 34.7 Å². The summed E-state index contributed by atoms with van der Waals surface area (Å²) < 4.78 is 14.5. The predicted molar refractivity (Wildman–Crippen MR) is 99.0 cm³/mol. The standard InChI is InChI=1S/C18H18FN5OS/c1-12(2)13-3-9-16(10-4-13)24-18(21-22-23-24)26-11-17(25)20-15-7-5-14(19)6-8-15/h3-10,12H,11H2,1-2H3,(H,20,25). The Balaban J connectivity index is 1.63. The van der Waals surface area contributed by atoms with Crippen LogP contribution in [0.4, 0.5) is 10.1 Å². The summed E-state index contributed by atoms with van der Waals surface area (Å²) in [7, 11) is 0. The van der Waals surface area contributed by atoms with Gasteiger partial charge in [-0.2, -0.15) is 4.68 Å². The molecule has 1 N–H and O–H groups in total. The van der Waals surface area contributed by atoms with E-state index in [-0.39, 0.29) is 17.5 Å². The summed E-state index contributed by atoms with van der Waals surface area (Å²) in [5, 5.41) is 14.9. The van der Waals surface area contributed by atoms with Crippen LogP contribution in [0, 0.1) is 5.82 Å². The molecule has 0 aliphatic carbocycles. The molecule has 0 saturated heterocycles. The van der Waals surface area contributed by atoms with E-state index >= 15 is 0 Å². The zero-order valence-corrected chi connectivity index (χ0v) is 15.2. The summed E-state index contributed by atoms with van der Waals surface area (Å²) in [6.07, 6.45) is 0. The van der Waals surface area contributed by atoms with Gasteiger partial charge < -0.3 is 5.32 Å². The number of carbonyl (C=O) groups is 1. The molecule has 3 rings (SSSR count). The molecule has 0 aliphatic rings. The molecule has 1 heterocycles. The fourth-order valence-electron chi connectivity index (χ4n) is 2.29. The monoisotopic (exact) mass is 371 g/mol. The van der Waals surface area contributed by atoms with Gasteiger partial charge in [-0.15, -0.1) is 5.10 Å². The van der Waals surface area contributed by atoms with E-state index in [9.17, 15) is 9.18 Å². The van der Waals surface area contributed by atoms with E-state index in [0.717, 1.165) is 5.69 Å². The maximum atomic E-state index is 12.9. The lowest BCUT2D eigenvalue weighted by molar-refractivity contribution is -0.113. The van der Waals surface area contributed by atoms with Crippen LogP contribution in [0.5, 0.6) is 0 Å². The summed E-state index contributed by atoms with van der Waals surface area (Å²) in [6, 6.07) is 13.6. The summed E-state index contributed by atoms with van der Waals surface area (Å²) in [4.78, 5) is 12.1. The third kappa shape index (κ3) is 4.45. The smallest absolute Gasteiger partial charge is 0.234 e. The number of hydrogen-bond acceptors (Lipinski definition) is 5. The minimum atomic E-state index is -0.347. The van der Waals surface area contributed by atoms with Crippen LogP contribution in [0.3, 0.4) is 0 Å². The van der Waals surface area contributed by atoms with E-state index < -0.39 is 0 Å². The van der Waals surface area contributed by atoms with E-state index in [0.29, 0.717) is 16.8 Å². The Bertz CT molecular complexity index is 877. The van der Waals surface area contributed by atoms with E-state index in [1.165, 1.54) is 41.6 Å². The number of halogens is 1. The molecule has 3 aromatic rings. The molecule has 0 unspecified atom stereocenters. The van der Waals surface area contributed by atoms with Crippen molar-refractivity contribution in [2.75, 3.05) is 11.1 Å². The summed E-state index contributed by atoms with van der Waals surface area (Å²) >= 11 is 1.23. The van der Waals surface area contributed by atoms with Crippen LogP contribution in [-0.4, -0.2) is 31.9 Å². The number of thioether (sulfide) groups is 1. The number of nitrogens with zero attached hydrogens (tertiary/aromatic N) is 4. The van der Waals surface area contributed by atoms with Gasteiger partial charge in [-0.1, -0.05) is 37.7 Å². The highest BCUT2D eigenvalue weighted by Gasteiger charge is 2.12. The SMILES string of the molecule is CC(C)c1ccc(-n2nnnc2SCC(=O)Nc2ccc(F)cc2)cc1. The highest BCUT2D eigenvalue weighted by molar-refractivity contribution is 7.99. The quantitative estimate of drug-likeness (QED) is 0.670. The molecule has 1 aromatic heterocycles. The second kappa shape index (κ2) is 8.09. The normalized spacial score (nSPS) is 10.9. The molecule has 0 saturated carbocycles. The first-order chi connectivity index (χ1) is 12.5.